The lowest BCUT2D eigenvalue weighted by Crippen LogP contribution is -2.36. The molecule has 0 radical (unpaired) electrons. The molecule has 8 heteroatoms. The molecule has 2 aromatic carbocycles. The number of hydrogen-bond acceptors (Lipinski definition) is 3. The highest BCUT2D eigenvalue weighted by molar-refractivity contribution is 6.30. The molecule has 1 atom stereocenters. The van der Waals surface area contributed by atoms with Crippen LogP contribution in [0.2, 0.25) is 5.02 Å². The van der Waals surface area contributed by atoms with Gasteiger partial charge in [-0.15, -0.1) is 0 Å². The van der Waals surface area contributed by atoms with Gasteiger partial charge in [0.1, 0.15) is 12.2 Å². The van der Waals surface area contributed by atoms with E-state index in [2.05, 4.69) is 15.2 Å². The molecule has 0 amide bonds. The molecule has 0 saturated carbocycles. The molecule has 0 aliphatic carbocycles. The zero-order chi connectivity index (χ0) is 19.9. The normalized spacial score (nSPS) is 17.2. The Labute approximate surface area is 168 Å². The van der Waals surface area contributed by atoms with Gasteiger partial charge in [0.05, 0.1) is 6.54 Å². The van der Waals surface area contributed by atoms with Crippen LogP contribution in [0.25, 0.3) is 0 Å². The second-order valence-corrected chi connectivity index (χ2v) is 7.25. The first-order valence-corrected chi connectivity index (χ1v) is 9.42. The fraction of sp³-hybridized carbons (Fsp3) is 0.300. The highest BCUT2D eigenvalue weighted by Gasteiger charge is 2.22. The molecule has 1 aliphatic heterocycles. The summed E-state index contributed by atoms with van der Waals surface area (Å²) in [7, 11) is 0. The maximum atomic E-state index is 13.0. The SMILES string of the molecule is N=C(/N=C\N(O)Cc1ccc(Cl)cc1)N[C@H]1CCN(Cc2ccc(F)cc2)C1. The number of hydrogen-bond donors (Lipinski definition) is 3. The molecular weight excluding hydrogens is 381 g/mol. The quantitative estimate of drug-likeness (QED) is 0.392. The number of nitrogens with one attached hydrogen (secondary N) is 2. The third kappa shape index (κ3) is 6.30. The van der Waals surface area contributed by atoms with Crippen LogP contribution < -0.4 is 5.32 Å². The molecule has 3 N–H and O–H groups in total. The summed E-state index contributed by atoms with van der Waals surface area (Å²) in [6.07, 6.45) is 2.11. The van der Waals surface area contributed by atoms with E-state index < -0.39 is 0 Å². The largest absolute Gasteiger partial charge is 0.351 e. The van der Waals surface area contributed by atoms with Crippen molar-refractivity contribution in [3.8, 4) is 0 Å². The molecule has 3 rings (SSSR count). The van der Waals surface area contributed by atoms with E-state index in [-0.39, 0.29) is 24.4 Å². The molecule has 6 nitrogen and oxygen atoms in total. The van der Waals surface area contributed by atoms with E-state index in [1.54, 1.807) is 24.3 Å². The van der Waals surface area contributed by atoms with Gasteiger partial charge in [0, 0.05) is 30.7 Å². The maximum Gasteiger partial charge on any atom is 0.216 e. The van der Waals surface area contributed by atoms with E-state index in [1.807, 2.05) is 12.1 Å². The summed E-state index contributed by atoms with van der Waals surface area (Å²) < 4.78 is 13.0. The molecule has 1 aliphatic rings. The smallest absolute Gasteiger partial charge is 0.216 e. The number of likely N-dealkylation sites (tertiary alicyclic amines) is 1. The summed E-state index contributed by atoms with van der Waals surface area (Å²) >= 11 is 5.84. The third-order valence-electron chi connectivity index (χ3n) is 4.51. The van der Waals surface area contributed by atoms with E-state index in [4.69, 9.17) is 17.0 Å². The predicted octanol–water partition coefficient (Wildman–Crippen LogP) is 3.50. The average Bonchev–Trinajstić information content (AvgIpc) is 3.10. The van der Waals surface area contributed by atoms with Crippen LogP contribution in [-0.2, 0) is 13.1 Å². The first-order chi connectivity index (χ1) is 13.5. The lowest BCUT2D eigenvalue weighted by molar-refractivity contribution is -0.0164. The van der Waals surface area contributed by atoms with Gasteiger partial charge < -0.3 is 5.32 Å². The van der Waals surface area contributed by atoms with Crippen molar-refractivity contribution in [3.05, 3.63) is 70.5 Å². The Morgan fingerprint density at radius 1 is 1.25 bits per heavy atom. The zero-order valence-corrected chi connectivity index (χ0v) is 16.1. The van der Waals surface area contributed by atoms with Crippen molar-refractivity contribution in [2.75, 3.05) is 13.1 Å². The summed E-state index contributed by atoms with van der Waals surface area (Å²) in [5, 5.41) is 22.5. The number of rotatable bonds is 6. The molecule has 28 heavy (non-hydrogen) atoms. The summed E-state index contributed by atoms with van der Waals surface area (Å²) in [6, 6.07) is 13.8. The second-order valence-electron chi connectivity index (χ2n) is 6.81. The third-order valence-corrected chi connectivity index (χ3v) is 4.76. The molecule has 148 valence electrons. The molecule has 0 aromatic heterocycles. The molecule has 1 heterocycles. The van der Waals surface area contributed by atoms with E-state index in [9.17, 15) is 9.60 Å². The van der Waals surface area contributed by atoms with E-state index in [1.165, 1.54) is 18.5 Å². The van der Waals surface area contributed by atoms with Gasteiger partial charge in [-0.1, -0.05) is 35.9 Å². The number of halogens is 2. The Balaban J connectivity index is 1.41. The number of benzene rings is 2. The summed E-state index contributed by atoms with van der Waals surface area (Å²) in [5.41, 5.74) is 1.94. The molecule has 1 saturated heterocycles. The topological polar surface area (TPSA) is 75.0 Å². The Bertz CT molecular complexity index is 812. The second kappa shape index (κ2) is 9.64. The zero-order valence-electron chi connectivity index (χ0n) is 15.4. The standard InChI is InChI=1S/C20H23ClFN5O/c21-17-5-1-16(2-6-17)12-27(28)14-24-20(23)25-19-9-10-26(13-19)11-15-3-7-18(22)8-4-15/h1-8,14,19,28H,9-13H2,(H2,23,25)/b24-14-/t19-/m0/s1. The Morgan fingerprint density at radius 3 is 2.64 bits per heavy atom. The van der Waals surface area contributed by atoms with E-state index in [0.29, 0.717) is 5.02 Å². The van der Waals surface area contributed by atoms with Gasteiger partial charge in [-0.3, -0.25) is 15.5 Å². The monoisotopic (exact) mass is 403 g/mol. The first kappa shape index (κ1) is 20.3. The molecule has 0 spiro atoms. The van der Waals surface area contributed by atoms with Crippen molar-refractivity contribution in [3.63, 3.8) is 0 Å². The number of nitrogens with zero attached hydrogens (tertiary/aromatic N) is 3. The molecule has 2 aromatic rings. The molecule has 1 fully saturated rings. The fourth-order valence-electron chi connectivity index (χ4n) is 3.11. The maximum absolute atomic E-state index is 13.0. The van der Waals surface area contributed by atoms with Crippen LogP contribution in [0.15, 0.2) is 53.5 Å². The molecular formula is C20H23ClFN5O. The lowest BCUT2D eigenvalue weighted by atomic mass is 10.2. The number of guanidine groups is 1. The lowest BCUT2D eigenvalue weighted by Gasteiger charge is -2.17. The summed E-state index contributed by atoms with van der Waals surface area (Å²) in [5.74, 6) is -0.228. The highest BCUT2D eigenvalue weighted by atomic mass is 35.5. The van der Waals surface area contributed by atoms with Gasteiger partial charge in [0.15, 0.2) is 0 Å². The van der Waals surface area contributed by atoms with Crippen LogP contribution in [0, 0.1) is 11.2 Å². The van der Waals surface area contributed by atoms with Gasteiger partial charge in [0.2, 0.25) is 5.96 Å². The van der Waals surface area contributed by atoms with Gasteiger partial charge >= 0.3 is 0 Å². The van der Waals surface area contributed by atoms with Gasteiger partial charge in [-0.25, -0.2) is 14.4 Å². The minimum Gasteiger partial charge on any atom is -0.351 e. The van der Waals surface area contributed by atoms with Crippen LogP contribution in [0.5, 0.6) is 0 Å². The van der Waals surface area contributed by atoms with E-state index >= 15 is 0 Å². The van der Waals surface area contributed by atoms with Crippen molar-refractivity contribution in [1.82, 2.24) is 15.3 Å². The van der Waals surface area contributed by atoms with Gasteiger partial charge in [-0.05, 0) is 41.8 Å². The first-order valence-electron chi connectivity index (χ1n) is 9.04. The van der Waals surface area contributed by atoms with Crippen LogP contribution >= 0.6 is 11.6 Å². The summed E-state index contributed by atoms with van der Waals surface area (Å²) in [6.45, 7) is 2.68. The minimum absolute atomic E-state index is 0.00351. The van der Waals surface area contributed by atoms with Crippen molar-refractivity contribution in [2.45, 2.75) is 25.6 Å². The van der Waals surface area contributed by atoms with Crippen molar-refractivity contribution in [1.29, 1.82) is 5.41 Å². The van der Waals surface area contributed by atoms with Crippen molar-refractivity contribution >= 4 is 23.9 Å². The molecule has 0 unspecified atom stereocenters. The fourth-order valence-corrected chi connectivity index (χ4v) is 3.24. The Morgan fingerprint density at radius 2 is 1.93 bits per heavy atom. The Hall–Kier alpha value is -2.48. The van der Waals surface area contributed by atoms with Crippen LogP contribution in [-0.4, -0.2) is 46.6 Å². The van der Waals surface area contributed by atoms with Crippen molar-refractivity contribution < 1.29 is 9.60 Å². The number of hydroxylamine groups is 2. The van der Waals surface area contributed by atoms with Crippen LogP contribution in [0.3, 0.4) is 0 Å². The average molecular weight is 404 g/mol. The minimum atomic E-state index is -0.231. The molecule has 0 bridgehead atoms. The van der Waals surface area contributed by atoms with Crippen molar-refractivity contribution in [2.24, 2.45) is 4.99 Å². The van der Waals surface area contributed by atoms with Gasteiger partial charge in [0.25, 0.3) is 0 Å². The Kier molecular flexibility index (Phi) is 6.97. The van der Waals surface area contributed by atoms with Crippen LogP contribution in [0.4, 0.5) is 4.39 Å². The predicted molar refractivity (Wildman–Crippen MR) is 108 cm³/mol. The number of aliphatic imine (C=N–C) groups is 1. The van der Waals surface area contributed by atoms with E-state index in [0.717, 1.165) is 42.2 Å². The summed E-state index contributed by atoms with van der Waals surface area (Å²) in [4.78, 5) is 6.21. The highest BCUT2D eigenvalue weighted by Crippen LogP contribution is 2.14. The van der Waals surface area contributed by atoms with Gasteiger partial charge in [-0.2, -0.15) is 0 Å². The van der Waals surface area contributed by atoms with Crippen LogP contribution in [0.1, 0.15) is 17.5 Å².